The molecule has 0 spiro atoms. The first-order valence-corrected chi connectivity index (χ1v) is 7.14. The molecule has 0 aliphatic heterocycles. The fraction of sp³-hybridized carbons (Fsp3) is 0.647. The van der Waals surface area contributed by atoms with Gasteiger partial charge in [-0.1, -0.05) is 64.0 Å². The van der Waals surface area contributed by atoms with E-state index in [0.29, 0.717) is 5.92 Å². The average Bonchev–Trinajstić information content (AvgIpc) is 2.33. The molecule has 0 aliphatic rings. The van der Waals surface area contributed by atoms with Gasteiger partial charge in [0.25, 0.3) is 0 Å². The standard InChI is InChI=1S/C17H30/c1-5-7-8-9-10-11-13-17(4)15-12-14-16(3)6-2/h6,9-10,12,14,16-17H,2,5,7-8,11,13,15H2,1,3-4H3/b10-9+,14-12+/t16-,17-/m1/s1. The van der Waals surface area contributed by atoms with Gasteiger partial charge in [-0.2, -0.15) is 0 Å². The quantitative estimate of drug-likeness (QED) is 0.325. The SMILES string of the molecule is C=C[C@@H](C)/C=C/C[C@H](C)CC/C=C/CCCC. The van der Waals surface area contributed by atoms with Crippen molar-refractivity contribution in [2.24, 2.45) is 11.8 Å². The molecule has 0 saturated heterocycles. The van der Waals surface area contributed by atoms with Gasteiger partial charge in [-0.25, -0.2) is 0 Å². The van der Waals surface area contributed by atoms with Gasteiger partial charge in [-0.05, 0) is 37.5 Å². The highest BCUT2D eigenvalue weighted by molar-refractivity contribution is 4.95. The molecule has 0 fully saturated rings. The number of unbranched alkanes of at least 4 members (excludes halogenated alkanes) is 2. The highest BCUT2D eigenvalue weighted by Gasteiger charge is 1.97. The van der Waals surface area contributed by atoms with Crippen molar-refractivity contribution in [1.29, 1.82) is 0 Å². The minimum atomic E-state index is 0.510. The van der Waals surface area contributed by atoms with Crippen LogP contribution in [0.25, 0.3) is 0 Å². The Kier molecular flexibility index (Phi) is 11.2. The molecule has 0 nitrogen and oxygen atoms in total. The summed E-state index contributed by atoms with van der Waals surface area (Å²) >= 11 is 0. The Morgan fingerprint density at radius 2 is 1.76 bits per heavy atom. The first-order valence-electron chi connectivity index (χ1n) is 7.14. The Balaban J connectivity index is 3.52. The van der Waals surface area contributed by atoms with E-state index in [9.17, 15) is 0 Å². The third-order valence-electron chi connectivity index (χ3n) is 3.07. The Hall–Kier alpha value is -0.780. The summed E-state index contributed by atoms with van der Waals surface area (Å²) in [4.78, 5) is 0. The molecule has 0 unspecified atom stereocenters. The van der Waals surface area contributed by atoms with Crippen molar-refractivity contribution in [1.82, 2.24) is 0 Å². The van der Waals surface area contributed by atoms with Crippen molar-refractivity contribution in [3.8, 4) is 0 Å². The van der Waals surface area contributed by atoms with Gasteiger partial charge >= 0.3 is 0 Å². The van der Waals surface area contributed by atoms with E-state index in [0.717, 1.165) is 5.92 Å². The van der Waals surface area contributed by atoms with Gasteiger partial charge in [0, 0.05) is 0 Å². The third-order valence-corrected chi connectivity index (χ3v) is 3.07. The fourth-order valence-electron chi connectivity index (χ4n) is 1.66. The molecule has 0 bridgehead atoms. The summed E-state index contributed by atoms with van der Waals surface area (Å²) in [6.07, 6.45) is 18.8. The van der Waals surface area contributed by atoms with E-state index in [1.807, 2.05) is 6.08 Å². The summed E-state index contributed by atoms with van der Waals surface area (Å²) in [5.41, 5.74) is 0. The normalized spacial score (nSPS) is 15.5. The molecule has 0 aliphatic carbocycles. The van der Waals surface area contributed by atoms with E-state index in [1.165, 1.54) is 38.5 Å². The van der Waals surface area contributed by atoms with E-state index in [-0.39, 0.29) is 0 Å². The average molecular weight is 234 g/mol. The predicted molar refractivity (Wildman–Crippen MR) is 80.2 cm³/mol. The number of hydrogen-bond acceptors (Lipinski definition) is 0. The molecule has 0 amide bonds. The summed E-state index contributed by atoms with van der Waals surface area (Å²) in [6.45, 7) is 10.5. The van der Waals surface area contributed by atoms with Gasteiger partial charge in [0.05, 0.1) is 0 Å². The summed E-state index contributed by atoms with van der Waals surface area (Å²) in [5.74, 6) is 1.30. The lowest BCUT2D eigenvalue weighted by molar-refractivity contribution is 0.545. The van der Waals surface area contributed by atoms with Crippen molar-refractivity contribution in [3.05, 3.63) is 37.0 Å². The van der Waals surface area contributed by atoms with Crippen LogP contribution in [0.3, 0.4) is 0 Å². The Labute approximate surface area is 109 Å². The van der Waals surface area contributed by atoms with Crippen LogP contribution in [0.2, 0.25) is 0 Å². The van der Waals surface area contributed by atoms with Crippen molar-refractivity contribution in [2.45, 2.75) is 59.3 Å². The van der Waals surface area contributed by atoms with E-state index >= 15 is 0 Å². The summed E-state index contributed by atoms with van der Waals surface area (Å²) < 4.78 is 0. The largest absolute Gasteiger partial charge is 0.102 e. The molecule has 17 heavy (non-hydrogen) atoms. The first kappa shape index (κ1) is 16.2. The lowest BCUT2D eigenvalue weighted by atomic mass is 10.00. The van der Waals surface area contributed by atoms with Crippen molar-refractivity contribution >= 4 is 0 Å². The first-order chi connectivity index (χ1) is 8.20. The van der Waals surface area contributed by atoms with Gasteiger partial charge in [0.2, 0.25) is 0 Å². The zero-order valence-electron chi connectivity index (χ0n) is 12.0. The molecule has 0 radical (unpaired) electrons. The summed E-state index contributed by atoms with van der Waals surface area (Å²) in [6, 6.07) is 0. The van der Waals surface area contributed by atoms with Crippen molar-refractivity contribution in [2.75, 3.05) is 0 Å². The lowest BCUT2D eigenvalue weighted by Gasteiger charge is -2.06. The number of hydrogen-bond donors (Lipinski definition) is 0. The van der Waals surface area contributed by atoms with E-state index in [1.54, 1.807) is 0 Å². The maximum Gasteiger partial charge on any atom is -0.00846 e. The van der Waals surface area contributed by atoms with Crippen molar-refractivity contribution < 1.29 is 0 Å². The molecule has 0 rings (SSSR count). The zero-order chi connectivity index (χ0) is 12.9. The lowest BCUT2D eigenvalue weighted by Crippen LogP contribution is -1.92. The number of allylic oxidation sites excluding steroid dienone is 5. The molecule has 0 saturated carbocycles. The van der Waals surface area contributed by atoms with Crippen LogP contribution in [0.15, 0.2) is 37.0 Å². The fourth-order valence-corrected chi connectivity index (χ4v) is 1.66. The zero-order valence-corrected chi connectivity index (χ0v) is 12.0. The second-order valence-corrected chi connectivity index (χ2v) is 5.05. The van der Waals surface area contributed by atoms with Gasteiger partial charge in [-0.15, -0.1) is 6.58 Å². The summed E-state index contributed by atoms with van der Waals surface area (Å²) in [5, 5.41) is 0. The minimum absolute atomic E-state index is 0.510. The predicted octanol–water partition coefficient (Wildman–Crippen LogP) is 5.92. The Morgan fingerprint density at radius 3 is 2.41 bits per heavy atom. The molecular weight excluding hydrogens is 204 g/mol. The maximum atomic E-state index is 3.78. The van der Waals surface area contributed by atoms with Crippen LogP contribution in [0, 0.1) is 11.8 Å². The molecule has 0 N–H and O–H groups in total. The molecule has 0 aromatic rings. The van der Waals surface area contributed by atoms with Gasteiger partial charge in [0.15, 0.2) is 0 Å². The monoisotopic (exact) mass is 234 g/mol. The van der Waals surface area contributed by atoms with Crippen LogP contribution >= 0.6 is 0 Å². The van der Waals surface area contributed by atoms with E-state index in [2.05, 4.69) is 51.7 Å². The highest BCUT2D eigenvalue weighted by Crippen LogP contribution is 2.12. The van der Waals surface area contributed by atoms with Gasteiger partial charge in [0.1, 0.15) is 0 Å². The van der Waals surface area contributed by atoms with Crippen LogP contribution in [0.5, 0.6) is 0 Å². The Bertz CT molecular complexity index is 222. The van der Waals surface area contributed by atoms with Crippen LogP contribution in [-0.2, 0) is 0 Å². The van der Waals surface area contributed by atoms with Crippen LogP contribution in [0.4, 0.5) is 0 Å². The molecule has 0 heteroatoms. The Morgan fingerprint density at radius 1 is 1.06 bits per heavy atom. The smallest absolute Gasteiger partial charge is 0.00846 e. The molecule has 0 aromatic carbocycles. The highest BCUT2D eigenvalue weighted by atomic mass is 14.0. The van der Waals surface area contributed by atoms with Crippen LogP contribution in [0.1, 0.15) is 59.3 Å². The van der Waals surface area contributed by atoms with Gasteiger partial charge in [-0.3, -0.25) is 0 Å². The topological polar surface area (TPSA) is 0 Å². The maximum absolute atomic E-state index is 3.78. The molecule has 0 aromatic heterocycles. The van der Waals surface area contributed by atoms with Crippen molar-refractivity contribution in [3.63, 3.8) is 0 Å². The van der Waals surface area contributed by atoms with Crippen LogP contribution < -0.4 is 0 Å². The minimum Gasteiger partial charge on any atom is -0.102 e. The summed E-state index contributed by atoms with van der Waals surface area (Å²) in [7, 11) is 0. The van der Waals surface area contributed by atoms with Crippen LogP contribution in [-0.4, -0.2) is 0 Å². The molecule has 2 atom stereocenters. The molecule has 0 heterocycles. The second-order valence-electron chi connectivity index (χ2n) is 5.05. The van der Waals surface area contributed by atoms with Gasteiger partial charge < -0.3 is 0 Å². The molecule has 98 valence electrons. The number of rotatable bonds is 10. The third kappa shape index (κ3) is 11.5. The van der Waals surface area contributed by atoms with E-state index < -0.39 is 0 Å². The van der Waals surface area contributed by atoms with E-state index in [4.69, 9.17) is 0 Å². The molecular formula is C17H30. The second kappa shape index (κ2) is 11.7.